The van der Waals surface area contributed by atoms with Crippen molar-refractivity contribution in [1.29, 1.82) is 0 Å². The van der Waals surface area contributed by atoms with Gasteiger partial charge in [-0.05, 0) is 48.7 Å². The molecule has 4 rings (SSSR count). The molecule has 0 spiro atoms. The molecule has 0 aliphatic carbocycles. The number of carbonyl (C=O) groups is 4. The molecule has 3 aromatic carbocycles. The van der Waals surface area contributed by atoms with Crippen LogP contribution in [-0.4, -0.2) is 65.0 Å². The van der Waals surface area contributed by atoms with E-state index < -0.39 is 54.0 Å². The van der Waals surface area contributed by atoms with Crippen molar-refractivity contribution in [3.05, 3.63) is 101 Å². The summed E-state index contributed by atoms with van der Waals surface area (Å²) in [5.41, 5.74) is 1.69. The lowest BCUT2D eigenvalue weighted by Gasteiger charge is -2.43. The zero-order valence-electron chi connectivity index (χ0n) is 23.2. The Morgan fingerprint density at radius 2 is 1.64 bits per heavy atom. The van der Waals surface area contributed by atoms with Gasteiger partial charge in [-0.25, -0.2) is 8.78 Å². The third-order valence-corrected chi connectivity index (χ3v) is 6.97. The second kappa shape index (κ2) is 13.2. The predicted molar refractivity (Wildman–Crippen MR) is 149 cm³/mol. The molecule has 1 fully saturated rings. The number of halogens is 2. The molecule has 0 bridgehead atoms. The van der Waals surface area contributed by atoms with Crippen molar-refractivity contribution >= 4 is 23.7 Å². The van der Waals surface area contributed by atoms with Gasteiger partial charge in [0.25, 0.3) is 11.8 Å². The maximum absolute atomic E-state index is 14.0. The van der Waals surface area contributed by atoms with Gasteiger partial charge >= 0.3 is 5.97 Å². The Balaban J connectivity index is 1.69. The molecule has 11 heteroatoms. The number of aliphatic carboxylic acids is 1. The zero-order valence-corrected chi connectivity index (χ0v) is 23.2. The van der Waals surface area contributed by atoms with E-state index >= 15 is 0 Å². The summed E-state index contributed by atoms with van der Waals surface area (Å²) in [7, 11) is 1.52. The number of hydrogen-bond acceptors (Lipinski definition) is 5. The molecular weight excluding hydrogens is 548 g/mol. The summed E-state index contributed by atoms with van der Waals surface area (Å²) in [6, 6.07) is 15.1. The fourth-order valence-corrected chi connectivity index (χ4v) is 5.00. The predicted octanol–water partition coefficient (Wildman–Crippen LogP) is 3.86. The normalized spacial score (nSPS) is 15.6. The molecule has 0 aromatic heterocycles. The molecule has 2 unspecified atom stereocenters. The van der Waals surface area contributed by atoms with Gasteiger partial charge in [0.2, 0.25) is 5.91 Å². The third kappa shape index (κ3) is 7.28. The highest BCUT2D eigenvalue weighted by Gasteiger charge is 2.41. The zero-order chi connectivity index (χ0) is 30.4. The summed E-state index contributed by atoms with van der Waals surface area (Å²) in [5, 5.41) is 12.3. The van der Waals surface area contributed by atoms with Gasteiger partial charge < -0.3 is 25.0 Å². The lowest BCUT2D eigenvalue weighted by atomic mass is 10.0. The number of ether oxygens (including phenoxy) is 1. The number of aryl methyl sites for hydroxylation is 1. The highest BCUT2D eigenvalue weighted by atomic mass is 19.1. The van der Waals surface area contributed by atoms with Crippen molar-refractivity contribution in [2.45, 2.75) is 38.4 Å². The van der Waals surface area contributed by atoms with Gasteiger partial charge in [0, 0.05) is 24.7 Å². The molecule has 3 amide bonds. The first kappa shape index (κ1) is 30.2. The Morgan fingerprint density at radius 1 is 0.976 bits per heavy atom. The Bertz CT molecular complexity index is 1460. The lowest BCUT2D eigenvalue weighted by molar-refractivity contribution is -0.149. The van der Waals surface area contributed by atoms with Gasteiger partial charge in [0.05, 0.1) is 26.0 Å². The number of carbonyl (C=O) groups excluding carboxylic acids is 3. The van der Waals surface area contributed by atoms with E-state index in [9.17, 15) is 33.1 Å². The second-order valence-corrected chi connectivity index (χ2v) is 10.1. The number of carboxylic acids is 1. The number of rotatable bonds is 9. The molecule has 1 aliphatic heterocycles. The number of nitrogens with one attached hydrogen (secondary N) is 1. The van der Waals surface area contributed by atoms with Gasteiger partial charge in [0.1, 0.15) is 17.4 Å². The molecule has 2 N–H and O–H groups in total. The summed E-state index contributed by atoms with van der Waals surface area (Å²) < 4.78 is 33.2. The highest BCUT2D eigenvalue weighted by molar-refractivity contribution is 5.99. The smallest absolute Gasteiger partial charge is 0.305 e. The molecule has 1 saturated heterocycles. The molecule has 220 valence electrons. The van der Waals surface area contributed by atoms with Crippen molar-refractivity contribution < 1.29 is 37.8 Å². The molecule has 9 nitrogen and oxygen atoms in total. The monoisotopic (exact) mass is 579 g/mol. The number of hydrogen-bond donors (Lipinski definition) is 2. The van der Waals surface area contributed by atoms with Crippen molar-refractivity contribution in [3.8, 4) is 5.75 Å². The number of carboxylic acid groups (broad SMARTS) is 1. The topological polar surface area (TPSA) is 116 Å². The van der Waals surface area contributed by atoms with E-state index in [0.29, 0.717) is 29.4 Å². The quantitative estimate of drug-likeness (QED) is 0.398. The fraction of sp³-hybridized carbons (Fsp3) is 0.290. The Kier molecular flexibility index (Phi) is 9.51. The van der Waals surface area contributed by atoms with Gasteiger partial charge in [-0.15, -0.1) is 0 Å². The Morgan fingerprint density at radius 3 is 2.26 bits per heavy atom. The minimum atomic E-state index is -1.50. The molecule has 0 saturated carbocycles. The number of amides is 3. The minimum absolute atomic E-state index is 0.0232. The SMILES string of the molecule is COc1ccc(CC(=O)N2CCCN(C(=O)c3cc(F)cc(F)c3)C2C(=O)NC(CC(=O)O)c2cccc(C)c2)cc1. The second-order valence-electron chi connectivity index (χ2n) is 10.1. The van der Waals surface area contributed by atoms with Crippen molar-refractivity contribution in [2.24, 2.45) is 0 Å². The maximum atomic E-state index is 14.0. The molecule has 2 atom stereocenters. The first-order valence-corrected chi connectivity index (χ1v) is 13.3. The Hall–Kier alpha value is -4.80. The van der Waals surface area contributed by atoms with Crippen molar-refractivity contribution in [3.63, 3.8) is 0 Å². The van der Waals surface area contributed by atoms with Crippen LogP contribution in [0, 0.1) is 18.6 Å². The maximum Gasteiger partial charge on any atom is 0.305 e. The molecule has 1 aliphatic rings. The van der Waals surface area contributed by atoms with E-state index in [1.807, 2.05) is 13.0 Å². The summed E-state index contributed by atoms with van der Waals surface area (Å²) in [4.78, 5) is 55.1. The fourth-order valence-electron chi connectivity index (χ4n) is 5.00. The van der Waals surface area contributed by atoms with E-state index in [1.54, 1.807) is 42.5 Å². The number of nitrogens with zero attached hydrogens (tertiary/aromatic N) is 2. The Labute approximate surface area is 241 Å². The highest BCUT2D eigenvalue weighted by Crippen LogP contribution is 2.24. The first-order valence-electron chi connectivity index (χ1n) is 13.3. The van der Waals surface area contributed by atoms with Crippen LogP contribution in [-0.2, 0) is 20.8 Å². The van der Waals surface area contributed by atoms with E-state index in [2.05, 4.69) is 5.32 Å². The molecule has 1 heterocycles. The van der Waals surface area contributed by atoms with Crippen LogP contribution in [0.2, 0.25) is 0 Å². The van der Waals surface area contributed by atoms with Crippen molar-refractivity contribution in [1.82, 2.24) is 15.1 Å². The van der Waals surface area contributed by atoms with Crippen LogP contribution < -0.4 is 10.1 Å². The van der Waals surface area contributed by atoms with Crippen LogP contribution in [0.1, 0.15) is 45.9 Å². The van der Waals surface area contributed by atoms with Crippen LogP contribution in [0.3, 0.4) is 0 Å². The summed E-state index contributed by atoms with van der Waals surface area (Å²) >= 11 is 0. The van der Waals surface area contributed by atoms with E-state index in [1.165, 1.54) is 12.0 Å². The van der Waals surface area contributed by atoms with Crippen LogP contribution in [0.4, 0.5) is 8.78 Å². The van der Waals surface area contributed by atoms with Gasteiger partial charge in [-0.3, -0.25) is 19.2 Å². The standard InChI is InChI=1S/C31H31F2N3O6/c1-19-5-3-6-21(13-19)26(18-28(38)39)34-29(40)30-35(27(37)14-20-7-9-25(42-2)10-8-20)11-4-12-36(30)31(41)22-15-23(32)17-24(33)16-22/h3,5-10,13,15-17,26,30H,4,11-12,14,18H2,1-2H3,(H,34,40)(H,38,39). The minimum Gasteiger partial charge on any atom is -0.497 e. The van der Waals surface area contributed by atoms with Gasteiger partial charge in [0.15, 0.2) is 6.17 Å². The summed E-state index contributed by atoms with van der Waals surface area (Å²) in [5.74, 6) is -4.61. The largest absolute Gasteiger partial charge is 0.497 e. The van der Waals surface area contributed by atoms with Gasteiger partial charge in [-0.1, -0.05) is 42.0 Å². The summed E-state index contributed by atoms with van der Waals surface area (Å²) in [6.07, 6.45) is -1.74. The molecule has 42 heavy (non-hydrogen) atoms. The molecule has 3 aromatic rings. The van der Waals surface area contributed by atoms with E-state index in [4.69, 9.17) is 4.74 Å². The third-order valence-electron chi connectivity index (χ3n) is 6.97. The van der Waals surface area contributed by atoms with E-state index in [-0.39, 0.29) is 25.1 Å². The van der Waals surface area contributed by atoms with E-state index in [0.717, 1.165) is 22.6 Å². The average Bonchev–Trinajstić information content (AvgIpc) is 2.95. The lowest BCUT2D eigenvalue weighted by Crippen LogP contribution is -2.64. The molecule has 0 radical (unpaired) electrons. The van der Waals surface area contributed by atoms with Crippen LogP contribution in [0.5, 0.6) is 5.75 Å². The van der Waals surface area contributed by atoms with Gasteiger partial charge in [-0.2, -0.15) is 0 Å². The number of methoxy groups -OCH3 is 1. The average molecular weight is 580 g/mol. The first-order chi connectivity index (χ1) is 20.0. The van der Waals surface area contributed by atoms with Crippen LogP contribution in [0.25, 0.3) is 0 Å². The molecular formula is C31H31F2N3O6. The number of benzene rings is 3. The summed E-state index contributed by atoms with van der Waals surface area (Å²) in [6.45, 7) is 1.97. The van der Waals surface area contributed by atoms with Crippen molar-refractivity contribution in [2.75, 3.05) is 20.2 Å². The van der Waals surface area contributed by atoms with Crippen LogP contribution >= 0.6 is 0 Å². The van der Waals surface area contributed by atoms with Crippen LogP contribution in [0.15, 0.2) is 66.7 Å².